The van der Waals surface area contributed by atoms with Crippen molar-refractivity contribution in [2.45, 2.75) is 39.0 Å². The lowest BCUT2D eigenvalue weighted by atomic mass is 10.1. The second-order valence-corrected chi connectivity index (χ2v) is 8.01. The van der Waals surface area contributed by atoms with Crippen LogP contribution in [0.5, 0.6) is 0 Å². The predicted molar refractivity (Wildman–Crippen MR) is 128 cm³/mol. The van der Waals surface area contributed by atoms with Gasteiger partial charge in [-0.3, -0.25) is 19.4 Å². The minimum Gasteiger partial charge on any atom is -0.481 e. The van der Waals surface area contributed by atoms with E-state index in [2.05, 4.69) is 15.6 Å². The van der Waals surface area contributed by atoms with Crippen molar-refractivity contribution in [2.24, 2.45) is 0 Å². The van der Waals surface area contributed by atoms with Crippen LogP contribution < -0.4 is 10.6 Å². The average Bonchev–Trinajstić information content (AvgIpc) is 2.78. The maximum Gasteiger partial charge on any atom is 0.303 e. The standard InChI is InChI=1S/C26H25F2N3O4/c1-2-3-22(32)13-20-14-24(30-21-11-17(27)10-18(28)12-21)23(15-29-20)26(35)31-19-7-4-16(5-8-19)6-9-25(33)34/h4-5,7-8,10-12,14-15H,2-3,6,9,13H2,1H3,(H,29,30)(H,31,35)(H,33,34). The molecule has 0 aliphatic carbocycles. The fraction of sp³-hybridized carbons (Fsp3) is 0.231. The molecule has 1 aromatic heterocycles. The normalized spacial score (nSPS) is 10.6. The molecule has 2 aromatic carbocycles. The number of nitrogens with one attached hydrogen (secondary N) is 2. The van der Waals surface area contributed by atoms with Crippen LogP contribution in [0.15, 0.2) is 54.7 Å². The predicted octanol–water partition coefficient (Wildman–Crippen LogP) is 5.28. The smallest absolute Gasteiger partial charge is 0.303 e. The molecule has 0 spiro atoms. The van der Waals surface area contributed by atoms with Gasteiger partial charge in [-0.25, -0.2) is 8.78 Å². The molecule has 0 aliphatic heterocycles. The van der Waals surface area contributed by atoms with Crippen molar-refractivity contribution in [3.63, 3.8) is 0 Å². The number of Topliss-reactive ketones (excluding diaryl/α,β-unsaturated/α-hetero) is 1. The van der Waals surface area contributed by atoms with E-state index in [1.807, 2.05) is 6.92 Å². The minimum atomic E-state index is -0.895. The number of halogens is 2. The highest BCUT2D eigenvalue weighted by Crippen LogP contribution is 2.25. The lowest BCUT2D eigenvalue weighted by molar-refractivity contribution is -0.137. The number of pyridine rings is 1. The van der Waals surface area contributed by atoms with Crippen LogP contribution >= 0.6 is 0 Å². The molecule has 3 aromatic rings. The monoisotopic (exact) mass is 481 g/mol. The first-order valence-corrected chi connectivity index (χ1v) is 11.1. The van der Waals surface area contributed by atoms with Gasteiger partial charge in [0, 0.05) is 48.6 Å². The van der Waals surface area contributed by atoms with Gasteiger partial charge in [-0.05, 0) is 48.7 Å². The van der Waals surface area contributed by atoms with Crippen molar-refractivity contribution in [1.82, 2.24) is 4.98 Å². The van der Waals surface area contributed by atoms with Crippen LogP contribution in [0.1, 0.15) is 47.8 Å². The van der Waals surface area contributed by atoms with Crippen LogP contribution in [0, 0.1) is 11.6 Å². The van der Waals surface area contributed by atoms with Crippen LogP contribution in [0.2, 0.25) is 0 Å². The molecule has 0 radical (unpaired) electrons. The van der Waals surface area contributed by atoms with Crippen LogP contribution in [0.4, 0.5) is 25.8 Å². The number of amides is 1. The Bertz CT molecular complexity index is 1210. The summed E-state index contributed by atoms with van der Waals surface area (Å²) in [5.41, 5.74) is 2.14. The minimum absolute atomic E-state index is 0.000185. The number of nitrogens with zero attached hydrogens (tertiary/aromatic N) is 1. The third kappa shape index (κ3) is 7.70. The third-order valence-corrected chi connectivity index (χ3v) is 5.09. The highest BCUT2D eigenvalue weighted by atomic mass is 19.1. The van der Waals surface area contributed by atoms with E-state index >= 15 is 0 Å². The maximum atomic E-state index is 13.7. The summed E-state index contributed by atoms with van der Waals surface area (Å²) in [5, 5.41) is 14.4. The number of carbonyl (C=O) groups is 3. The first kappa shape index (κ1) is 25.5. The Labute approximate surface area is 201 Å². The summed E-state index contributed by atoms with van der Waals surface area (Å²) in [6, 6.07) is 11.2. The van der Waals surface area contributed by atoms with Crippen LogP contribution in [-0.4, -0.2) is 27.8 Å². The summed E-state index contributed by atoms with van der Waals surface area (Å²) in [4.78, 5) is 40.0. The van der Waals surface area contributed by atoms with Crippen molar-refractivity contribution in [2.75, 3.05) is 10.6 Å². The van der Waals surface area contributed by atoms with Crippen LogP contribution in [-0.2, 0) is 22.4 Å². The van der Waals surface area contributed by atoms with Crippen molar-refractivity contribution < 1.29 is 28.3 Å². The van der Waals surface area contributed by atoms with E-state index < -0.39 is 23.5 Å². The molecule has 0 fully saturated rings. The van der Waals surface area contributed by atoms with Crippen molar-refractivity contribution >= 4 is 34.7 Å². The largest absolute Gasteiger partial charge is 0.481 e. The number of aromatic nitrogens is 1. The SMILES string of the molecule is CCCC(=O)Cc1cc(Nc2cc(F)cc(F)c2)c(C(=O)Nc2ccc(CCC(=O)O)cc2)cn1. The van der Waals surface area contributed by atoms with Crippen molar-refractivity contribution in [3.8, 4) is 0 Å². The number of hydrogen-bond acceptors (Lipinski definition) is 5. The number of carbonyl (C=O) groups excluding carboxylic acids is 2. The number of carboxylic acids is 1. The number of aliphatic carboxylic acids is 1. The van der Waals surface area contributed by atoms with Gasteiger partial charge in [0.2, 0.25) is 0 Å². The van der Waals surface area contributed by atoms with Gasteiger partial charge in [-0.15, -0.1) is 0 Å². The zero-order chi connectivity index (χ0) is 25.4. The van der Waals surface area contributed by atoms with Crippen molar-refractivity contribution in [1.29, 1.82) is 0 Å². The topological polar surface area (TPSA) is 108 Å². The van der Waals surface area contributed by atoms with Crippen LogP contribution in [0.25, 0.3) is 0 Å². The molecule has 0 aliphatic rings. The lowest BCUT2D eigenvalue weighted by Crippen LogP contribution is -2.15. The van der Waals surface area contributed by atoms with E-state index in [1.165, 1.54) is 12.3 Å². The molecule has 0 unspecified atom stereocenters. The molecule has 35 heavy (non-hydrogen) atoms. The summed E-state index contributed by atoms with van der Waals surface area (Å²) in [6.07, 6.45) is 2.83. The fourth-order valence-corrected chi connectivity index (χ4v) is 3.43. The number of hydrogen-bond donors (Lipinski definition) is 3. The quantitative estimate of drug-likeness (QED) is 0.344. The van der Waals surface area contributed by atoms with Gasteiger partial charge < -0.3 is 15.7 Å². The molecule has 1 heterocycles. The van der Waals surface area contributed by atoms with Gasteiger partial charge in [-0.2, -0.15) is 0 Å². The molecule has 3 rings (SSSR count). The van der Waals surface area contributed by atoms with Gasteiger partial charge >= 0.3 is 5.97 Å². The molecule has 0 atom stereocenters. The van der Waals surface area contributed by atoms with Crippen LogP contribution in [0.3, 0.4) is 0 Å². The van der Waals surface area contributed by atoms with Gasteiger partial charge in [0.15, 0.2) is 0 Å². The second kappa shape index (κ2) is 11.8. The highest BCUT2D eigenvalue weighted by Gasteiger charge is 2.16. The maximum absolute atomic E-state index is 13.7. The summed E-state index contributed by atoms with van der Waals surface area (Å²) in [6.45, 7) is 1.89. The number of benzene rings is 2. The number of ketones is 1. The lowest BCUT2D eigenvalue weighted by Gasteiger charge is -2.14. The van der Waals surface area contributed by atoms with Crippen molar-refractivity contribution in [3.05, 3.63) is 83.2 Å². The highest BCUT2D eigenvalue weighted by molar-refractivity contribution is 6.08. The Kier molecular flexibility index (Phi) is 8.61. The first-order chi connectivity index (χ1) is 16.7. The molecule has 3 N–H and O–H groups in total. The average molecular weight is 481 g/mol. The Morgan fingerprint density at radius 2 is 1.63 bits per heavy atom. The summed E-state index contributed by atoms with van der Waals surface area (Å²) < 4.78 is 27.4. The zero-order valence-electron chi connectivity index (χ0n) is 19.1. The molecular weight excluding hydrogens is 456 g/mol. The second-order valence-electron chi connectivity index (χ2n) is 8.01. The molecular formula is C26H25F2N3O4. The van der Waals surface area contributed by atoms with Gasteiger partial charge in [-0.1, -0.05) is 19.1 Å². The Balaban J connectivity index is 1.85. The molecule has 7 nitrogen and oxygen atoms in total. The van der Waals surface area contributed by atoms with Gasteiger partial charge in [0.25, 0.3) is 5.91 Å². The van der Waals surface area contributed by atoms with E-state index in [1.54, 1.807) is 24.3 Å². The molecule has 1 amide bonds. The zero-order valence-corrected chi connectivity index (χ0v) is 19.1. The number of aryl methyl sites for hydroxylation is 1. The molecule has 0 saturated carbocycles. The molecule has 0 bridgehead atoms. The number of rotatable bonds is 11. The third-order valence-electron chi connectivity index (χ3n) is 5.09. The number of carboxylic acid groups (broad SMARTS) is 1. The first-order valence-electron chi connectivity index (χ1n) is 11.1. The summed E-state index contributed by atoms with van der Waals surface area (Å²) in [7, 11) is 0. The fourth-order valence-electron chi connectivity index (χ4n) is 3.43. The van der Waals surface area contributed by atoms with Gasteiger partial charge in [0.05, 0.1) is 11.3 Å². The molecule has 9 heteroatoms. The Hall–Kier alpha value is -4.14. The number of anilines is 3. The Morgan fingerprint density at radius 1 is 0.943 bits per heavy atom. The molecule has 0 saturated heterocycles. The van der Waals surface area contributed by atoms with E-state index in [0.29, 0.717) is 30.6 Å². The van der Waals surface area contributed by atoms with E-state index in [4.69, 9.17) is 5.11 Å². The van der Waals surface area contributed by atoms with E-state index in [9.17, 15) is 23.2 Å². The summed E-state index contributed by atoms with van der Waals surface area (Å²) >= 11 is 0. The van der Waals surface area contributed by atoms with E-state index in [-0.39, 0.29) is 35.6 Å². The Morgan fingerprint density at radius 3 is 2.26 bits per heavy atom. The van der Waals surface area contributed by atoms with Gasteiger partial charge in [0.1, 0.15) is 17.4 Å². The van der Waals surface area contributed by atoms with E-state index in [0.717, 1.165) is 23.8 Å². The molecule has 182 valence electrons. The summed E-state index contributed by atoms with van der Waals surface area (Å²) in [5.74, 6) is -3.00.